The van der Waals surface area contributed by atoms with Gasteiger partial charge in [-0.1, -0.05) is 0 Å². The predicted molar refractivity (Wildman–Crippen MR) is 30.2 cm³/mol. The van der Waals surface area contributed by atoms with Gasteiger partial charge >= 0.3 is 0 Å². The van der Waals surface area contributed by atoms with Crippen LogP contribution < -0.4 is 5.32 Å². The Labute approximate surface area is 53.3 Å². The molecule has 3 heterocycles. The molecule has 1 N–H and O–H groups in total. The van der Waals surface area contributed by atoms with Gasteiger partial charge in [-0.25, -0.2) is 0 Å². The summed E-state index contributed by atoms with van der Waals surface area (Å²) in [5.74, 6) is 0. The summed E-state index contributed by atoms with van der Waals surface area (Å²) < 4.78 is 10.9. The zero-order valence-electron chi connectivity index (χ0n) is 5.04. The van der Waals surface area contributed by atoms with Crippen molar-refractivity contribution in [1.29, 1.82) is 0 Å². The molecule has 0 unspecified atom stereocenters. The number of rotatable bonds is 0. The Morgan fingerprint density at radius 1 is 1.00 bits per heavy atom. The van der Waals surface area contributed by atoms with Crippen LogP contribution in [0, 0.1) is 0 Å². The Morgan fingerprint density at radius 2 is 1.56 bits per heavy atom. The minimum atomic E-state index is 0.384. The van der Waals surface area contributed by atoms with Gasteiger partial charge in [0.25, 0.3) is 0 Å². The van der Waals surface area contributed by atoms with Gasteiger partial charge < -0.3 is 14.8 Å². The molecule has 0 radical (unpaired) electrons. The van der Waals surface area contributed by atoms with Gasteiger partial charge in [-0.15, -0.1) is 0 Å². The Morgan fingerprint density at radius 3 is 1.89 bits per heavy atom. The largest absolute Gasteiger partial charge is 0.372 e. The molecule has 4 atom stereocenters. The molecule has 3 rings (SSSR count). The van der Waals surface area contributed by atoms with Crippen LogP contribution in [-0.4, -0.2) is 37.5 Å². The van der Waals surface area contributed by atoms with E-state index >= 15 is 0 Å². The van der Waals surface area contributed by atoms with Gasteiger partial charge in [-0.05, 0) is 0 Å². The summed E-state index contributed by atoms with van der Waals surface area (Å²) in [5.41, 5.74) is 0. The summed E-state index contributed by atoms with van der Waals surface area (Å²) in [4.78, 5) is 0. The van der Waals surface area contributed by atoms with Gasteiger partial charge in [0.2, 0.25) is 0 Å². The van der Waals surface area contributed by atoms with E-state index < -0.39 is 0 Å². The summed E-state index contributed by atoms with van der Waals surface area (Å²) in [7, 11) is 0. The normalized spacial score (nSPS) is 61.3. The van der Waals surface area contributed by atoms with E-state index in [2.05, 4.69) is 5.32 Å². The third-order valence-corrected chi connectivity index (χ3v) is 2.48. The Hall–Kier alpha value is -0.120. The van der Waals surface area contributed by atoms with Gasteiger partial charge in [0.1, 0.15) is 12.2 Å². The van der Waals surface area contributed by atoms with Crippen molar-refractivity contribution in [1.82, 2.24) is 5.32 Å². The Balaban J connectivity index is 2.02. The Bertz CT molecular complexity index is 134. The van der Waals surface area contributed by atoms with Crippen molar-refractivity contribution in [3.05, 3.63) is 0 Å². The summed E-state index contributed by atoms with van der Waals surface area (Å²) in [6.45, 7) is 1.71. The monoisotopic (exact) mass is 127 g/mol. The van der Waals surface area contributed by atoms with Crippen LogP contribution in [0.4, 0.5) is 0 Å². The highest BCUT2D eigenvalue weighted by molar-refractivity contribution is 5.08. The Kier molecular flexibility index (Phi) is 0.678. The molecule has 0 aromatic heterocycles. The number of nitrogens with one attached hydrogen (secondary N) is 1. The van der Waals surface area contributed by atoms with E-state index in [4.69, 9.17) is 9.47 Å². The third kappa shape index (κ3) is 0.407. The lowest BCUT2D eigenvalue weighted by atomic mass is 10.2. The molecule has 0 aliphatic carbocycles. The second kappa shape index (κ2) is 1.31. The van der Waals surface area contributed by atoms with Crippen molar-refractivity contribution in [2.24, 2.45) is 0 Å². The van der Waals surface area contributed by atoms with E-state index in [9.17, 15) is 0 Å². The van der Waals surface area contributed by atoms with Crippen LogP contribution in [-0.2, 0) is 9.47 Å². The quantitative estimate of drug-likeness (QED) is 0.458. The van der Waals surface area contributed by atoms with E-state index in [0.717, 1.165) is 13.2 Å². The van der Waals surface area contributed by atoms with Crippen LogP contribution in [0.3, 0.4) is 0 Å². The summed E-state index contributed by atoms with van der Waals surface area (Å²) in [5, 5.41) is 3.44. The maximum atomic E-state index is 5.45. The standard InChI is InChI=1S/C6H9NO2/c1-3-5-6(8-1)4(7-3)2-9-5/h3-7H,1-2H2/t3-,4+,5-,6-/m0/s1. The van der Waals surface area contributed by atoms with Gasteiger partial charge in [-0.3, -0.25) is 0 Å². The predicted octanol–water partition coefficient (Wildman–Crippen LogP) is -0.876. The summed E-state index contributed by atoms with van der Waals surface area (Å²) in [6.07, 6.45) is 0.769. The third-order valence-electron chi connectivity index (χ3n) is 2.48. The van der Waals surface area contributed by atoms with E-state index in [1.165, 1.54) is 0 Å². The molecule has 4 bridgehead atoms. The van der Waals surface area contributed by atoms with Gasteiger partial charge in [0, 0.05) is 0 Å². The molecule has 0 amide bonds. The maximum Gasteiger partial charge on any atom is 0.103 e. The first-order chi connectivity index (χ1) is 4.45. The highest BCUT2D eigenvalue weighted by atomic mass is 16.6. The lowest BCUT2D eigenvalue weighted by molar-refractivity contribution is 0.0598. The zero-order valence-corrected chi connectivity index (χ0v) is 5.04. The van der Waals surface area contributed by atoms with Crippen molar-refractivity contribution in [3.63, 3.8) is 0 Å². The molecular formula is C6H9NO2. The number of morpholine rings is 2. The van der Waals surface area contributed by atoms with E-state index in [0.29, 0.717) is 24.3 Å². The van der Waals surface area contributed by atoms with Crippen LogP contribution in [0.2, 0.25) is 0 Å². The van der Waals surface area contributed by atoms with Crippen molar-refractivity contribution in [2.45, 2.75) is 24.3 Å². The van der Waals surface area contributed by atoms with Crippen LogP contribution in [0.25, 0.3) is 0 Å². The average Bonchev–Trinajstić information content (AvgIpc) is 2.50. The number of ether oxygens (including phenoxy) is 2. The zero-order chi connectivity index (χ0) is 5.84. The van der Waals surface area contributed by atoms with Crippen LogP contribution in [0.5, 0.6) is 0 Å². The average molecular weight is 127 g/mol. The smallest absolute Gasteiger partial charge is 0.103 e. The minimum Gasteiger partial charge on any atom is -0.372 e. The first kappa shape index (κ1) is 4.66. The molecule has 9 heavy (non-hydrogen) atoms. The topological polar surface area (TPSA) is 30.5 Å². The molecule has 3 heteroatoms. The molecule has 3 nitrogen and oxygen atoms in total. The van der Waals surface area contributed by atoms with Crippen molar-refractivity contribution in [3.8, 4) is 0 Å². The maximum absolute atomic E-state index is 5.45. The van der Waals surface area contributed by atoms with E-state index in [1.54, 1.807) is 0 Å². The second-order valence-corrected chi connectivity index (χ2v) is 2.98. The van der Waals surface area contributed by atoms with E-state index in [-0.39, 0.29) is 0 Å². The molecule has 0 aromatic rings. The second-order valence-electron chi connectivity index (χ2n) is 2.98. The molecular weight excluding hydrogens is 118 g/mol. The van der Waals surface area contributed by atoms with E-state index in [1.807, 2.05) is 0 Å². The fourth-order valence-electron chi connectivity index (χ4n) is 2.06. The van der Waals surface area contributed by atoms with Crippen molar-refractivity contribution in [2.75, 3.05) is 13.2 Å². The molecule has 3 aliphatic rings. The van der Waals surface area contributed by atoms with Gasteiger partial charge in [0.15, 0.2) is 0 Å². The molecule has 0 aromatic carbocycles. The summed E-state index contributed by atoms with van der Waals surface area (Å²) in [6, 6.07) is 1.02. The SMILES string of the molecule is C1O[C@@H]2[C@H]3OC[C@H]2N[C@@H]13. The molecule has 0 spiro atoms. The van der Waals surface area contributed by atoms with Gasteiger partial charge in [-0.2, -0.15) is 0 Å². The number of hydrogen-bond acceptors (Lipinski definition) is 3. The van der Waals surface area contributed by atoms with Crippen molar-refractivity contribution < 1.29 is 9.47 Å². The van der Waals surface area contributed by atoms with Gasteiger partial charge in [0.05, 0.1) is 25.3 Å². The molecule has 50 valence electrons. The highest BCUT2D eigenvalue weighted by Gasteiger charge is 2.54. The first-order valence-corrected chi connectivity index (χ1v) is 3.44. The fourth-order valence-corrected chi connectivity index (χ4v) is 2.06. The van der Waals surface area contributed by atoms with Crippen LogP contribution >= 0.6 is 0 Å². The minimum absolute atomic E-state index is 0.384. The lowest BCUT2D eigenvalue weighted by Gasteiger charge is -2.22. The lowest BCUT2D eigenvalue weighted by Crippen LogP contribution is -2.45. The number of hydrogen-bond donors (Lipinski definition) is 1. The fraction of sp³-hybridized carbons (Fsp3) is 1.00. The van der Waals surface area contributed by atoms with Crippen molar-refractivity contribution >= 4 is 0 Å². The molecule has 0 saturated carbocycles. The summed E-state index contributed by atoms with van der Waals surface area (Å²) >= 11 is 0. The molecule has 3 fully saturated rings. The highest BCUT2D eigenvalue weighted by Crippen LogP contribution is 2.33. The van der Waals surface area contributed by atoms with Crippen LogP contribution in [0.15, 0.2) is 0 Å². The van der Waals surface area contributed by atoms with Crippen LogP contribution in [0.1, 0.15) is 0 Å². The molecule has 3 aliphatic heterocycles. The molecule has 3 saturated heterocycles. The first-order valence-electron chi connectivity index (χ1n) is 3.44.